The first-order valence-electron chi connectivity index (χ1n) is 11.2. The van der Waals surface area contributed by atoms with Crippen molar-refractivity contribution in [3.05, 3.63) is 33.9 Å². The zero-order valence-corrected chi connectivity index (χ0v) is 19.0. The monoisotopic (exact) mass is 449 g/mol. The molecular formula is C21H31N5O4S. The molecule has 4 heterocycles. The molecular weight excluding hydrogens is 418 g/mol. The predicted molar refractivity (Wildman–Crippen MR) is 117 cm³/mol. The third kappa shape index (κ3) is 4.27. The van der Waals surface area contributed by atoms with Crippen LogP contribution in [0.3, 0.4) is 0 Å². The van der Waals surface area contributed by atoms with Crippen LogP contribution in [0.2, 0.25) is 0 Å². The van der Waals surface area contributed by atoms with E-state index in [2.05, 4.69) is 10.1 Å². The minimum atomic E-state index is -3.21. The molecule has 2 aromatic heterocycles. The molecule has 31 heavy (non-hydrogen) atoms. The maximum atomic E-state index is 13.4. The Morgan fingerprint density at radius 2 is 1.87 bits per heavy atom. The second kappa shape index (κ2) is 8.74. The minimum Gasteiger partial charge on any atom is -0.334 e. The first-order chi connectivity index (χ1) is 14.8. The lowest BCUT2D eigenvalue weighted by Crippen LogP contribution is -2.47. The minimum absolute atomic E-state index is 0.0893. The van der Waals surface area contributed by atoms with Crippen molar-refractivity contribution in [2.45, 2.75) is 58.4 Å². The van der Waals surface area contributed by atoms with E-state index in [-0.39, 0.29) is 29.2 Å². The van der Waals surface area contributed by atoms with E-state index < -0.39 is 10.0 Å². The maximum Gasteiger partial charge on any atom is 0.272 e. The van der Waals surface area contributed by atoms with Crippen LogP contribution in [-0.2, 0) is 21.2 Å². The largest absolute Gasteiger partial charge is 0.334 e. The topological polar surface area (TPSA) is 108 Å². The highest BCUT2D eigenvalue weighted by Crippen LogP contribution is 2.33. The Morgan fingerprint density at radius 3 is 2.55 bits per heavy atom. The summed E-state index contributed by atoms with van der Waals surface area (Å²) in [5.41, 5.74) is 2.01. The van der Waals surface area contributed by atoms with Gasteiger partial charge in [-0.2, -0.15) is 0 Å². The van der Waals surface area contributed by atoms with Crippen molar-refractivity contribution in [3.63, 3.8) is 0 Å². The second-order valence-corrected chi connectivity index (χ2v) is 10.7. The number of carbonyl (C=O) groups is 1. The van der Waals surface area contributed by atoms with Crippen LogP contribution < -0.4 is 5.56 Å². The number of amides is 1. The van der Waals surface area contributed by atoms with Crippen molar-refractivity contribution in [1.29, 1.82) is 0 Å². The number of piperidine rings is 2. The summed E-state index contributed by atoms with van der Waals surface area (Å²) >= 11 is 0. The lowest BCUT2D eigenvalue weighted by atomic mass is 9.92. The van der Waals surface area contributed by atoms with Crippen molar-refractivity contribution in [3.8, 4) is 0 Å². The molecule has 0 aliphatic carbocycles. The number of carbonyl (C=O) groups excluding carboxylic acids is 1. The zero-order chi connectivity index (χ0) is 22.2. The van der Waals surface area contributed by atoms with Gasteiger partial charge in [0.15, 0.2) is 5.65 Å². The summed E-state index contributed by atoms with van der Waals surface area (Å²) in [5.74, 6) is 0.0140. The average molecular weight is 450 g/mol. The summed E-state index contributed by atoms with van der Waals surface area (Å²) in [4.78, 5) is 32.3. The number of fused-ring (bicyclic) bond motifs is 1. The number of nitrogens with zero attached hydrogens (tertiary/aromatic N) is 4. The Balaban J connectivity index is 1.54. The molecule has 0 saturated carbocycles. The molecule has 4 rings (SSSR count). The van der Waals surface area contributed by atoms with E-state index in [0.717, 1.165) is 30.7 Å². The molecule has 1 amide bonds. The molecule has 170 valence electrons. The molecule has 0 spiro atoms. The molecule has 0 aromatic carbocycles. The van der Waals surface area contributed by atoms with Gasteiger partial charge in [-0.3, -0.25) is 14.7 Å². The Hall–Kier alpha value is -2.20. The molecule has 1 atom stereocenters. The quantitative estimate of drug-likeness (QED) is 0.748. The molecule has 10 heteroatoms. The molecule has 0 bridgehead atoms. The van der Waals surface area contributed by atoms with Crippen LogP contribution in [0.4, 0.5) is 0 Å². The van der Waals surface area contributed by atoms with Crippen molar-refractivity contribution >= 4 is 21.6 Å². The Bertz CT molecular complexity index is 1110. The van der Waals surface area contributed by atoms with Crippen LogP contribution in [0.15, 0.2) is 16.9 Å². The SMILES string of the molecule is CCc1cc(=O)n2[nH]c([C@H]3CCCCN3C(=O)C3CCN(S(=O)(=O)CC)CC3)cc2n1. The van der Waals surface area contributed by atoms with E-state index in [1.54, 1.807) is 6.92 Å². The van der Waals surface area contributed by atoms with Crippen molar-refractivity contribution < 1.29 is 13.2 Å². The first-order valence-corrected chi connectivity index (χ1v) is 12.8. The van der Waals surface area contributed by atoms with Crippen molar-refractivity contribution in [2.75, 3.05) is 25.4 Å². The van der Waals surface area contributed by atoms with E-state index in [1.807, 2.05) is 17.9 Å². The third-order valence-corrected chi connectivity index (χ3v) is 8.47. The number of likely N-dealkylation sites (tertiary alicyclic amines) is 1. The predicted octanol–water partition coefficient (Wildman–Crippen LogP) is 1.70. The summed E-state index contributed by atoms with van der Waals surface area (Å²) in [6.45, 7) is 5.08. The van der Waals surface area contributed by atoms with Gasteiger partial charge in [0.1, 0.15) is 0 Å². The number of rotatable bonds is 5. The zero-order valence-electron chi connectivity index (χ0n) is 18.2. The van der Waals surface area contributed by atoms with Crippen LogP contribution in [0, 0.1) is 5.92 Å². The van der Waals surface area contributed by atoms with Crippen LogP contribution in [0.5, 0.6) is 0 Å². The van der Waals surface area contributed by atoms with Crippen LogP contribution in [-0.4, -0.2) is 63.5 Å². The number of hydrogen-bond donors (Lipinski definition) is 1. The van der Waals surface area contributed by atoms with Gasteiger partial charge in [0.25, 0.3) is 5.56 Å². The highest BCUT2D eigenvalue weighted by atomic mass is 32.2. The highest BCUT2D eigenvalue weighted by molar-refractivity contribution is 7.89. The van der Waals surface area contributed by atoms with Crippen molar-refractivity contribution in [1.82, 2.24) is 23.8 Å². The van der Waals surface area contributed by atoms with Gasteiger partial charge in [-0.1, -0.05) is 6.92 Å². The van der Waals surface area contributed by atoms with Gasteiger partial charge in [0, 0.05) is 43.4 Å². The number of aromatic amines is 1. The summed E-state index contributed by atoms with van der Waals surface area (Å²) < 4.78 is 27.2. The molecule has 9 nitrogen and oxygen atoms in total. The molecule has 2 saturated heterocycles. The maximum absolute atomic E-state index is 13.4. The highest BCUT2D eigenvalue weighted by Gasteiger charge is 2.36. The first kappa shape index (κ1) is 22.0. The fraction of sp³-hybridized carbons (Fsp3) is 0.667. The lowest BCUT2D eigenvalue weighted by molar-refractivity contribution is -0.140. The normalized spacial score (nSPS) is 21.6. The van der Waals surface area contributed by atoms with Gasteiger partial charge in [-0.25, -0.2) is 22.2 Å². The molecule has 2 fully saturated rings. The van der Waals surface area contributed by atoms with E-state index in [9.17, 15) is 18.0 Å². The van der Waals surface area contributed by atoms with Gasteiger partial charge in [-0.05, 0) is 45.4 Å². The number of aryl methyl sites for hydroxylation is 1. The fourth-order valence-electron chi connectivity index (χ4n) is 4.73. The van der Waals surface area contributed by atoms with Gasteiger partial charge in [0.05, 0.1) is 17.5 Å². The van der Waals surface area contributed by atoms with E-state index >= 15 is 0 Å². The number of aromatic nitrogens is 3. The smallest absolute Gasteiger partial charge is 0.272 e. The van der Waals surface area contributed by atoms with Gasteiger partial charge in [0.2, 0.25) is 15.9 Å². The molecule has 1 N–H and O–H groups in total. The van der Waals surface area contributed by atoms with Crippen molar-refractivity contribution in [2.24, 2.45) is 5.92 Å². The molecule has 0 radical (unpaired) electrons. The summed E-state index contributed by atoms with van der Waals surface area (Å²) in [6.07, 6.45) is 4.58. The van der Waals surface area contributed by atoms with Crippen LogP contribution in [0.1, 0.15) is 63.4 Å². The number of nitrogens with one attached hydrogen (secondary N) is 1. The Morgan fingerprint density at radius 1 is 1.13 bits per heavy atom. The molecule has 2 aromatic rings. The van der Waals surface area contributed by atoms with E-state index in [0.29, 0.717) is 44.5 Å². The van der Waals surface area contributed by atoms with Gasteiger partial charge >= 0.3 is 0 Å². The van der Waals surface area contributed by atoms with Crippen LogP contribution in [0.25, 0.3) is 5.65 Å². The lowest BCUT2D eigenvalue weighted by Gasteiger charge is -2.39. The van der Waals surface area contributed by atoms with E-state index in [1.165, 1.54) is 14.9 Å². The second-order valence-electron chi connectivity index (χ2n) is 8.46. The van der Waals surface area contributed by atoms with Crippen LogP contribution >= 0.6 is 0 Å². The molecule has 0 unspecified atom stereocenters. The average Bonchev–Trinajstić information content (AvgIpc) is 3.23. The number of H-pyrrole nitrogens is 1. The third-order valence-electron chi connectivity index (χ3n) is 6.59. The van der Waals surface area contributed by atoms with Gasteiger partial charge in [-0.15, -0.1) is 0 Å². The van der Waals surface area contributed by atoms with Gasteiger partial charge < -0.3 is 4.90 Å². The molecule has 2 aliphatic heterocycles. The number of hydrogen-bond acceptors (Lipinski definition) is 5. The Labute approximate surface area is 182 Å². The standard InChI is InChI=1S/C21H31N5O4S/c1-3-16-13-20(27)26-19(22-16)14-17(23-26)18-7-5-6-10-25(18)21(28)15-8-11-24(12-9-15)31(29,30)4-2/h13-15,18,23H,3-12H2,1-2H3/t18-/m1/s1. The summed E-state index contributed by atoms with van der Waals surface area (Å²) in [5, 5.41) is 3.17. The number of sulfonamides is 1. The summed E-state index contributed by atoms with van der Waals surface area (Å²) in [6, 6.07) is 3.30. The van der Waals surface area contributed by atoms with E-state index in [4.69, 9.17) is 0 Å². The Kier molecular flexibility index (Phi) is 6.20. The fourth-order valence-corrected chi connectivity index (χ4v) is 5.86. The summed E-state index contributed by atoms with van der Waals surface area (Å²) in [7, 11) is -3.21. The molecule has 2 aliphatic rings.